The van der Waals surface area contributed by atoms with Gasteiger partial charge in [-0.1, -0.05) is 40.9 Å². The van der Waals surface area contributed by atoms with Crippen LogP contribution in [0.3, 0.4) is 0 Å². The lowest BCUT2D eigenvalue weighted by Gasteiger charge is -2.34. The smallest absolute Gasteiger partial charge is 0.263 e. The fourth-order valence-electron chi connectivity index (χ4n) is 2.64. The Balaban J connectivity index is 1.78. The molecule has 1 amide bonds. The Kier molecular flexibility index (Phi) is 5.76. The number of amides is 1. The first kappa shape index (κ1) is 20.1. The average Bonchev–Trinajstić information content (AvgIpc) is 2.59. The van der Waals surface area contributed by atoms with Crippen molar-refractivity contribution in [2.45, 2.75) is 12.6 Å². The first-order chi connectivity index (χ1) is 12.6. The van der Waals surface area contributed by atoms with Gasteiger partial charge in [0.25, 0.3) is 5.91 Å². The molecule has 6 nitrogen and oxygen atoms in total. The number of anilines is 1. The molecule has 0 bridgehead atoms. The highest BCUT2D eigenvalue weighted by molar-refractivity contribution is 7.92. The minimum Gasteiger partial charge on any atom is -0.476 e. The number of rotatable bonds is 4. The van der Waals surface area contributed by atoms with Gasteiger partial charge in [-0.25, -0.2) is 8.42 Å². The van der Waals surface area contributed by atoms with Crippen LogP contribution in [0, 0.1) is 0 Å². The Hall–Kier alpha value is -1.67. The van der Waals surface area contributed by atoms with Crippen LogP contribution in [-0.4, -0.2) is 33.2 Å². The Labute approximate surface area is 172 Å². The lowest BCUT2D eigenvalue weighted by molar-refractivity contribution is -0.127. The van der Waals surface area contributed by atoms with Crippen LogP contribution in [0.5, 0.6) is 5.75 Å². The summed E-state index contributed by atoms with van der Waals surface area (Å²) in [4.78, 5) is 12.5. The molecule has 2 aromatic rings. The topological polar surface area (TPSA) is 75.7 Å². The zero-order valence-electron chi connectivity index (χ0n) is 14.1. The highest BCUT2D eigenvalue weighted by Crippen LogP contribution is 2.37. The van der Waals surface area contributed by atoms with Crippen molar-refractivity contribution in [2.75, 3.05) is 17.1 Å². The zero-order valence-corrected chi connectivity index (χ0v) is 17.2. The molecule has 0 unspecified atom stereocenters. The molecule has 0 aromatic heterocycles. The molecule has 0 saturated carbocycles. The Morgan fingerprint density at radius 3 is 2.52 bits per heavy atom. The summed E-state index contributed by atoms with van der Waals surface area (Å²) in [7, 11) is -3.62. The molecule has 0 saturated heterocycles. The summed E-state index contributed by atoms with van der Waals surface area (Å²) in [5, 5.41) is 3.98. The van der Waals surface area contributed by atoms with E-state index in [0.29, 0.717) is 26.3 Å². The predicted octanol–water partition coefficient (Wildman–Crippen LogP) is 3.49. The van der Waals surface area contributed by atoms with Gasteiger partial charge >= 0.3 is 0 Å². The summed E-state index contributed by atoms with van der Waals surface area (Å²) in [5.41, 5.74) is 0.979. The van der Waals surface area contributed by atoms with E-state index < -0.39 is 22.0 Å². The lowest BCUT2D eigenvalue weighted by Crippen LogP contribution is -2.50. The summed E-state index contributed by atoms with van der Waals surface area (Å²) in [6, 6.07) is 9.52. The molecule has 1 atom stereocenters. The number of sulfonamides is 1. The number of nitrogens with zero attached hydrogens (tertiary/aromatic N) is 1. The second-order valence-electron chi connectivity index (χ2n) is 5.97. The van der Waals surface area contributed by atoms with Gasteiger partial charge in [-0.3, -0.25) is 9.10 Å². The van der Waals surface area contributed by atoms with Crippen LogP contribution < -0.4 is 14.4 Å². The third-order valence-corrected chi connectivity index (χ3v) is 5.92. The van der Waals surface area contributed by atoms with E-state index in [1.54, 1.807) is 24.3 Å². The molecule has 1 N–H and O–H groups in total. The van der Waals surface area contributed by atoms with Crippen molar-refractivity contribution >= 4 is 56.4 Å². The molecule has 0 aliphatic carbocycles. The number of carbonyl (C=O) groups excluding carboxylic acids is 1. The molecule has 1 heterocycles. The van der Waals surface area contributed by atoms with Gasteiger partial charge in [-0.2, -0.15) is 0 Å². The fourth-order valence-corrected chi connectivity index (χ4v) is 4.18. The van der Waals surface area contributed by atoms with Crippen LogP contribution in [0.1, 0.15) is 5.56 Å². The molecule has 0 radical (unpaired) electrons. The average molecular weight is 450 g/mol. The number of benzene rings is 2. The fraction of sp³-hybridized carbons (Fsp3) is 0.235. The molecule has 0 fully saturated rings. The molecule has 144 valence electrons. The van der Waals surface area contributed by atoms with E-state index in [4.69, 9.17) is 39.5 Å². The molecule has 1 aliphatic rings. The Bertz CT molecular complexity index is 998. The maximum atomic E-state index is 12.5. The summed E-state index contributed by atoms with van der Waals surface area (Å²) < 4.78 is 31.1. The summed E-state index contributed by atoms with van der Waals surface area (Å²) >= 11 is 17.9. The quantitative estimate of drug-likeness (QED) is 0.775. The van der Waals surface area contributed by atoms with Gasteiger partial charge in [0, 0.05) is 21.6 Å². The highest BCUT2D eigenvalue weighted by Gasteiger charge is 2.35. The minimum absolute atomic E-state index is 0.154. The van der Waals surface area contributed by atoms with Crippen LogP contribution in [-0.2, 0) is 21.4 Å². The number of halogens is 3. The number of fused-ring (bicyclic) bond motifs is 1. The number of nitrogens with one attached hydrogen (secondary N) is 1. The Morgan fingerprint density at radius 1 is 1.19 bits per heavy atom. The van der Waals surface area contributed by atoms with Crippen molar-refractivity contribution in [3.63, 3.8) is 0 Å². The summed E-state index contributed by atoms with van der Waals surface area (Å²) in [6.45, 7) is -0.00654. The van der Waals surface area contributed by atoms with Crippen molar-refractivity contribution in [1.29, 1.82) is 0 Å². The number of carbonyl (C=O) groups is 1. The third kappa shape index (κ3) is 4.60. The van der Waals surface area contributed by atoms with Gasteiger partial charge < -0.3 is 10.1 Å². The van der Waals surface area contributed by atoms with E-state index in [2.05, 4.69) is 5.32 Å². The van der Waals surface area contributed by atoms with Crippen molar-refractivity contribution < 1.29 is 17.9 Å². The van der Waals surface area contributed by atoms with Gasteiger partial charge in [0.1, 0.15) is 5.75 Å². The second-order valence-corrected chi connectivity index (χ2v) is 9.15. The molecule has 10 heteroatoms. The monoisotopic (exact) mass is 448 g/mol. The highest BCUT2D eigenvalue weighted by atomic mass is 35.5. The lowest BCUT2D eigenvalue weighted by atomic mass is 10.2. The minimum atomic E-state index is -3.62. The SMILES string of the molecule is CS(=O)(=O)N1C[C@H](C(=O)NCc2ccc(Cl)cc2Cl)Oc2ccc(Cl)cc21. The van der Waals surface area contributed by atoms with Gasteiger partial charge in [0.15, 0.2) is 6.10 Å². The van der Waals surface area contributed by atoms with Crippen LogP contribution in [0.15, 0.2) is 36.4 Å². The first-order valence-electron chi connectivity index (χ1n) is 7.80. The molecule has 0 spiro atoms. The third-order valence-electron chi connectivity index (χ3n) is 3.95. The van der Waals surface area contributed by atoms with Crippen molar-refractivity contribution in [3.05, 3.63) is 57.0 Å². The van der Waals surface area contributed by atoms with Gasteiger partial charge in [0.2, 0.25) is 10.0 Å². The molecule has 3 rings (SSSR count). The van der Waals surface area contributed by atoms with Gasteiger partial charge in [-0.15, -0.1) is 0 Å². The van der Waals surface area contributed by atoms with E-state index in [1.165, 1.54) is 12.1 Å². The maximum absolute atomic E-state index is 12.5. The van der Waals surface area contributed by atoms with Crippen molar-refractivity contribution in [3.8, 4) is 5.75 Å². The first-order valence-corrected chi connectivity index (χ1v) is 10.8. The van der Waals surface area contributed by atoms with Gasteiger partial charge in [-0.05, 0) is 35.9 Å². The van der Waals surface area contributed by atoms with Gasteiger partial charge in [0.05, 0.1) is 18.5 Å². The van der Waals surface area contributed by atoms with E-state index in [9.17, 15) is 13.2 Å². The molecule has 2 aromatic carbocycles. The Morgan fingerprint density at radius 2 is 1.85 bits per heavy atom. The van der Waals surface area contributed by atoms with Crippen LogP contribution in [0.4, 0.5) is 5.69 Å². The normalized spacial score (nSPS) is 16.4. The summed E-state index contributed by atoms with van der Waals surface area (Å²) in [6.07, 6.45) is 0.0466. The van der Waals surface area contributed by atoms with Crippen LogP contribution in [0.25, 0.3) is 0 Å². The van der Waals surface area contributed by atoms with E-state index in [-0.39, 0.29) is 18.8 Å². The largest absolute Gasteiger partial charge is 0.476 e. The van der Waals surface area contributed by atoms with Crippen molar-refractivity contribution in [1.82, 2.24) is 5.32 Å². The van der Waals surface area contributed by atoms with E-state index >= 15 is 0 Å². The maximum Gasteiger partial charge on any atom is 0.263 e. The molecular weight excluding hydrogens is 435 g/mol. The van der Waals surface area contributed by atoms with Crippen molar-refractivity contribution in [2.24, 2.45) is 0 Å². The molecule has 1 aliphatic heterocycles. The molecular formula is C17H15Cl3N2O4S. The molecule has 27 heavy (non-hydrogen) atoms. The predicted molar refractivity (Wildman–Crippen MR) is 106 cm³/mol. The van der Waals surface area contributed by atoms with E-state index in [1.807, 2.05) is 0 Å². The van der Waals surface area contributed by atoms with Crippen LogP contribution >= 0.6 is 34.8 Å². The number of ether oxygens (including phenoxy) is 1. The number of hydrogen-bond donors (Lipinski definition) is 1. The van der Waals surface area contributed by atoms with Crippen LogP contribution in [0.2, 0.25) is 15.1 Å². The second kappa shape index (κ2) is 7.75. The van der Waals surface area contributed by atoms with E-state index in [0.717, 1.165) is 10.6 Å². The summed E-state index contributed by atoms with van der Waals surface area (Å²) in [5.74, 6) is -0.198. The zero-order chi connectivity index (χ0) is 19.8. The number of hydrogen-bond acceptors (Lipinski definition) is 4. The standard InChI is InChI=1S/C17H15Cl3N2O4S/c1-27(24,25)22-9-16(26-15-5-4-12(19)7-14(15)22)17(23)21-8-10-2-3-11(18)6-13(10)20/h2-7,16H,8-9H2,1H3,(H,21,23)/t16-/m1/s1.